The highest BCUT2D eigenvalue weighted by Crippen LogP contribution is 2.23. The Kier molecular flexibility index (Phi) is 5.89. The van der Waals surface area contributed by atoms with E-state index in [4.69, 9.17) is 4.42 Å². The Balaban J connectivity index is 1.76. The fourth-order valence-electron chi connectivity index (χ4n) is 2.58. The Morgan fingerprint density at radius 1 is 0.931 bits per heavy atom. The number of aliphatic carboxylic acids is 1. The molecule has 0 atom stereocenters. The molecule has 1 aromatic heterocycles. The van der Waals surface area contributed by atoms with Crippen molar-refractivity contribution < 1.29 is 23.9 Å². The molecule has 0 bridgehead atoms. The van der Waals surface area contributed by atoms with Crippen molar-refractivity contribution in [3.05, 3.63) is 83.8 Å². The lowest BCUT2D eigenvalue weighted by Crippen LogP contribution is -2.27. The number of carboxylic acid groups (broad SMARTS) is 1. The number of nitrogens with one attached hydrogen (secondary N) is 2. The van der Waals surface area contributed by atoms with Gasteiger partial charge >= 0.3 is 5.97 Å². The summed E-state index contributed by atoms with van der Waals surface area (Å²) in [6.07, 6.45) is 1.25. The number of benzene rings is 2. The second kappa shape index (κ2) is 8.71. The summed E-state index contributed by atoms with van der Waals surface area (Å²) >= 11 is 0. The maximum Gasteiger partial charge on any atom is 0.352 e. The average Bonchev–Trinajstić information content (AvgIpc) is 3.17. The van der Waals surface area contributed by atoms with Gasteiger partial charge in [-0.3, -0.25) is 9.59 Å². The molecule has 29 heavy (non-hydrogen) atoms. The smallest absolute Gasteiger partial charge is 0.352 e. The van der Waals surface area contributed by atoms with Crippen LogP contribution in [0.4, 0.5) is 5.69 Å². The molecule has 0 spiro atoms. The largest absolute Gasteiger partial charge is 0.477 e. The van der Waals surface area contributed by atoms with E-state index in [1.165, 1.54) is 25.1 Å². The molecule has 0 saturated carbocycles. The van der Waals surface area contributed by atoms with Crippen LogP contribution in [0.25, 0.3) is 17.4 Å². The van der Waals surface area contributed by atoms with E-state index in [1.807, 2.05) is 30.3 Å². The van der Waals surface area contributed by atoms with Gasteiger partial charge in [0.25, 0.3) is 5.91 Å². The Labute approximate surface area is 166 Å². The van der Waals surface area contributed by atoms with Gasteiger partial charge in [-0.1, -0.05) is 30.3 Å². The molecule has 0 aliphatic rings. The van der Waals surface area contributed by atoms with E-state index >= 15 is 0 Å². The van der Waals surface area contributed by atoms with Crippen molar-refractivity contribution in [2.75, 3.05) is 5.32 Å². The molecule has 7 nitrogen and oxygen atoms in total. The normalized spacial score (nSPS) is 11.0. The van der Waals surface area contributed by atoms with E-state index in [0.717, 1.165) is 5.56 Å². The van der Waals surface area contributed by atoms with E-state index in [2.05, 4.69) is 10.6 Å². The van der Waals surface area contributed by atoms with Crippen LogP contribution in [0.5, 0.6) is 0 Å². The predicted octanol–water partition coefficient (Wildman–Crippen LogP) is 3.76. The zero-order valence-electron chi connectivity index (χ0n) is 15.5. The lowest BCUT2D eigenvalue weighted by molar-refractivity contribution is -0.132. The third-order valence-corrected chi connectivity index (χ3v) is 3.92. The highest BCUT2D eigenvalue weighted by Gasteiger charge is 2.15. The topological polar surface area (TPSA) is 109 Å². The molecule has 1 heterocycles. The summed E-state index contributed by atoms with van der Waals surface area (Å²) < 4.78 is 5.66. The molecular weight excluding hydrogens is 372 g/mol. The van der Waals surface area contributed by atoms with Gasteiger partial charge < -0.3 is 20.2 Å². The van der Waals surface area contributed by atoms with Gasteiger partial charge in [0, 0.05) is 29.8 Å². The van der Waals surface area contributed by atoms with Gasteiger partial charge in [0.1, 0.15) is 17.2 Å². The summed E-state index contributed by atoms with van der Waals surface area (Å²) in [6, 6.07) is 18.8. The van der Waals surface area contributed by atoms with Crippen LogP contribution in [0, 0.1) is 0 Å². The molecule has 3 aromatic rings. The molecule has 2 amide bonds. The minimum Gasteiger partial charge on any atom is -0.477 e. The monoisotopic (exact) mass is 390 g/mol. The molecule has 146 valence electrons. The minimum atomic E-state index is -1.30. The number of carboxylic acids is 1. The quantitative estimate of drug-likeness (QED) is 0.555. The molecule has 0 unspecified atom stereocenters. The van der Waals surface area contributed by atoms with Crippen LogP contribution in [0.15, 0.2) is 76.8 Å². The average molecular weight is 390 g/mol. The summed E-state index contributed by atoms with van der Waals surface area (Å²) in [6.45, 7) is 1.38. The van der Waals surface area contributed by atoms with Gasteiger partial charge in [-0.15, -0.1) is 0 Å². The van der Waals surface area contributed by atoms with Gasteiger partial charge in [-0.05, 0) is 36.4 Å². The molecule has 0 radical (unpaired) electrons. The third-order valence-electron chi connectivity index (χ3n) is 3.92. The molecule has 0 saturated heterocycles. The van der Waals surface area contributed by atoms with Gasteiger partial charge in [0.05, 0.1) is 0 Å². The summed E-state index contributed by atoms with van der Waals surface area (Å²) in [5, 5.41) is 14.4. The number of hydrogen-bond acceptors (Lipinski definition) is 4. The fourth-order valence-corrected chi connectivity index (χ4v) is 2.58. The minimum absolute atomic E-state index is 0.230. The van der Waals surface area contributed by atoms with Crippen molar-refractivity contribution >= 4 is 29.5 Å². The van der Waals surface area contributed by atoms with Crippen LogP contribution in [-0.4, -0.2) is 22.9 Å². The van der Waals surface area contributed by atoms with E-state index in [1.54, 1.807) is 24.3 Å². The lowest BCUT2D eigenvalue weighted by atomic mass is 10.2. The highest BCUT2D eigenvalue weighted by atomic mass is 16.4. The second-order valence-corrected chi connectivity index (χ2v) is 6.14. The zero-order chi connectivity index (χ0) is 20.8. The fraction of sp³-hybridized carbons (Fsp3) is 0.0455. The SMILES string of the molecule is CC(=O)Nc1ccc(C(=O)NC(=Cc2ccc(-c3ccccc3)o2)C(=O)O)cc1. The van der Waals surface area contributed by atoms with E-state index < -0.39 is 11.9 Å². The van der Waals surface area contributed by atoms with Crippen molar-refractivity contribution in [3.8, 4) is 11.3 Å². The summed E-state index contributed by atoms with van der Waals surface area (Å²) in [7, 11) is 0. The molecule has 0 fully saturated rings. The number of anilines is 1. The maximum absolute atomic E-state index is 12.4. The Bertz CT molecular complexity index is 1070. The maximum atomic E-state index is 12.4. The summed E-state index contributed by atoms with van der Waals surface area (Å²) in [5.41, 5.74) is 1.31. The van der Waals surface area contributed by atoms with Crippen LogP contribution in [0.1, 0.15) is 23.0 Å². The van der Waals surface area contributed by atoms with Crippen LogP contribution in [0.3, 0.4) is 0 Å². The summed E-state index contributed by atoms with van der Waals surface area (Å²) in [5.74, 6) is -1.25. The van der Waals surface area contributed by atoms with Crippen LogP contribution < -0.4 is 10.6 Å². The van der Waals surface area contributed by atoms with Crippen LogP contribution in [0.2, 0.25) is 0 Å². The van der Waals surface area contributed by atoms with Crippen LogP contribution in [-0.2, 0) is 9.59 Å². The molecule has 0 aliphatic carbocycles. The number of hydrogen-bond donors (Lipinski definition) is 3. The van der Waals surface area contributed by atoms with E-state index in [-0.39, 0.29) is 17.2 Å². The first kappa shape index (κ1) is 19.6. The second-order valence-electron chi connectivity index (χ2n) is 6.14. The molecule has 2 aromatic carbocycles. The molecule has 3 N–H and O–H groups in total. The molecule has 3 rings (SSSR count). The number of carbonyl (C=O) groups is 3. The Morgan fingerprint density at radius 2 is 1.62 bits per heavy atom. The molecular formula is C22H18N2O5. The summed E-state index contributed by atoms with van der Waals surface area (Å²) in [4.78, 5) is 35.0. The van der Waals surface area contributed by atoms with Gasteiger partial charge in [0.2, 0.25) is 5.91 Å². The van der Waals surface area contributed by atoms with Gasteiger partial charge in [-0.2, -0.15) is 0 Å². The van der Waals surface area contributed by atoms with Crippen molar-refractivity contribution in [1.29, 1.82) is 0 Å². The van der Waals surface area contributed by atoms with Crippen molar-refractivity contribution in [2.24, 2.45) is 0 Å². The van der Waals surface area contributed by atoms with E-state index in [0.29, 0.717) is 17.2 Å². The third kappa shape index (κ3) is 5.20. The number of furan rings is 1. The first-order valence-electron chi connectivity index (χ1n) is 8.71. The van der Waals surface area contributed by atoms with Gasteiger partial charge in [-0.25, -0.2) is 4.79 Å². The Hall–Kier alpha value is -4.13. The van der Waals surface area contributed by atoms with Crippen molar-refractivity contribution in [1.82, 2.24) is 5.32 Å². The lowest BCUT2D eigenvalue weighted by Gasteiger charge is -2.07. The van der Waals surface area contributed by atoms with Gasteiger partial charge in [0.15, 0.2) is 0 Å². The standard InChI is InChI=1S/C22H18N2O5/c1-14(25)23-17-9-7-16(8-10-17)21(26)24-19(22(27)28)13-18-11-12-20(29-18)15-5-3-2-4-6-15/h2-13H,1H3,(H,23,25)(H,24,26)(H,27,28). The van der Waals surface area contributed by atoms with Crippen LogP contribution >= 0.6 is 0 Å². The molecule has 0 aliphatic heterocycles. The van der Waals surface area contributed by atoms with Crippen molar-refractivity contribution in [3.63, 3.8) is 0 Å². The number of carbonyl (C=O) groups excluding carboxylic acids is 2. The van der Waals surface area contributed by atoms with Crippen molar-refractivity contribution in [2.45, 2.75) is 6.92 Å². The predicted molar refractivity (Wildman–Crippen MR) is 108 cm³/mol. The highest BCUT2D eigenvalue weighted by molar-refractivity contribution is 6.03. The molecule has 7 heteroatoms. The number of amides is 2. The first-order chi connectivity index (χ1) is 13.9. The van der Waals surface area contributed by atoms with E-state index in [9.17, 15) is 19.5 Å². The zero-order valence-corrected chi connectivity index (χ0v) is 15.5. The first-order valence-corrected chi connectivity index (χ1v) is 8.71. The Morgan fingerprint density at radius 3 is 2.24 bits per heavy atom. The number of rotatable bonds is 6.